The number of nitrogens with one attached hydrogen (secondary N) is 2. The fourth-order valence-corrected chi connectivity index (χ4v) is 7.69. The van der Waals surface area contributed by atoms with E-state index in [9.17, 15) is 0 Å². The zero-order valence-corrected chi connectivity index (χ0v) is 21.0. The van der Waals surface area contributed by atoms with Gasteiger partial charge in [-0.3, -0.25) is 0 Å². The first-order valence-corrected chi connectivity index (χ1v) is 13.9. The lowest BCUT2D eigenvalue weighted by atomic mass is 9.98. The first-order chi connectivity index (χ1) is 17.3. The minimum absolute atomic E-state index is 0.0389. The molecule has 170 valence electrons. The van der Waals surface area contributed by atoms with Crippen molar-refractivity contribution in [1.29, 1.82) is 0 Å². The number of hydrogen-bond acceptors (Lipinski definition) is 7. The smallest absolute Gasteiger partial charge is 0.208 e. The first kappa shape index (κ1) is 21.1. The molecule has 0 radical (unpaired) electrons. The average molecular weight is 509 g/mol. The van der Waals surface area contributed by atoms with E-state index >= 15 is 0 Å². The maximum atomic E-state index is 4.52. The van der Waals surface area contributed by atoms with Crippen molar-refractivity contribution in [2.24, 2.45) is 0 Å². The van der Waals surface area contributed by atoms with Crippen LogP contribution in [0.5, 0.6) is 0 Å². The molecule has 4 aromatic carbocycles. The second-order valence-electron chi connectivity index (χ2n) is 8.42. The second kappa shape index (κ2) is 8.75. The Hall–Kier alpha value is -3.26. The van der Waals surface area contributed by atoms with Gasteiger partial charge in [0.25, 0.3) is 0 Å². The largest absolute Gasteiger partial charge is 0.349 e. The molecule has 2 aliphatic heterocycles. The summed E-state index contributed by atoms with van der Waals surface area (Å²) in [6, 6.07) is 34.4. The third-order valence-corrected chi connectivity index (χ3v) is 9.47. The van der Waals surface area contributed by atoms with Crippen molar-refractivity contribution >= 4 is 45.1 Å². The Morgan fingerprint density at radius 3 is 1.11 bits per heavy atom. The highest BCUT2D eigenvalue weighted by Crippen LogP contribution is 2.48. The molecule has 5 aromatic rings. The van der Waals surface area contributed by atoms with Gasteiger partial charge in [0.2, 0.25) is 10.3 Å². The van der Waals surface area contributed by atoms with E-state index in [-0.39, 0.29) is 12.1 Å². The van der Waals surface area contributed by atoms with Crippen LogP contribution in [0.2, 0.25) is 0 Å². The van der Waals surface area contributed by atoms with Gasteiger partial charge >= 0.3 is 0 Å². The summed E-state index contributed by atoms with van der Waals surface area (Å²) in [6.07, 6.45) is 0. The second-order valence-corrected chi connectivity index (χ2v) is 11.6. The molecule has 0 fully saturated rings. The van der Waals surface area contributed by atoms with E-state index < -0.39 is 0 Å². The molecule has 4 nitrogen and oxygen atoms in total. The predicted molar refractivity (Wildman–Crippen MR) is 145 cm³/mol. The summed E-state index contributed by atoms with van der Waals surface area (Å²) in [5, 5.41) is 18.0. The molecule has 0 unspecified atom stereocenters. The van der Waals surface area contributed by atoms with E-state index in [0.29, 0.717) is 0 Å². The van der Waals surface area contributed by atoms with E-state index in [2.05, 4.69) is 118 Å². The molecule has 3 heterocycles. The van der Waals surface area contributed by atoms with Gasteiger partial charge in [-0.1, -0.05) is 108 Å². The number of hydrogen-bond donors (Lipinski definition) is 2. The summed E-state index contributed by atoms with van der Waals surface area (Å²) in [6.45, 7) is 0. The van der Waals surface area contributed by atoms with Crippen LogP contribution in [0.15, 0.2) is 117 Å². The van der Waals surface area contributed by atoms with Crippen molar-refractivity contribution in [2.45, 2.75) is 31.7 Å². The van der Waals surface area contributed by atoms with Crippen LogP contribution < -0.4 is 10.6 Å². The number of aromatic nitrogens is 2. The molecule has 2 aliphatic rings. The van der Waals surface area contributed by atoms with Crippen molar-refractivity contribution in [3.05, 3.63) is 119 Å². The van der Waals surface area contributed by atoms with Gasteiger partial charge in [-0.25, -0.2) is 0 Å². The summed E-state index contributed by atoms with van der Waals surface area (Å²) in [7, 11) is 0. The summed E-state index contributed by atoms with van der Waals surface area (Å²) < 4.78 is 0. The van der Waals surface area contributed by atoms with E-state index in [4.69, 9.17) is 0 Å². The van der Waals surface area contributed by atoms with Gasteiger partial charge in [0.1, 0.15) is 0 Å². The van der Waals surface area contributed by atoms with Crippen LogP contribution in [-0.4, -0.2) is 10.2 Å². The fourth-order valence-electron chi connectivity index (χ4n) is 4.72. The predicted octanol–water partition coefficient (Wildman–Crippen LogP) is 7.87. The number of anilines is 2. The first-order valence-electron chi connectivity index (χ1n) is 11.4. The van der Waals surface area contributed by atoms with Crippen molar-refractivity contribution < 1.29 is 0 Å². The molecule has 0 atom stereocenters. The Labute approximate surface area is 216 Å². The molecule has 0 spiro atoms. The van der Waals surface area contributed by atoms with Gasteiger partial charge in [-0.05, 0) is 46.5 Å². The topological polar surface area (TPSA) is 49.8 Å². The van der Waals surface area contributed by atoms with Crippen molar-refractivity contribution in [2.75, 3.05) is 10.6 Å². The monoisotopic (exact) mass is 508 g/mol. The van der Waals surface area contributed by atoms with Gasteiger partial charge in [0, 0.05) is 19.6 Å². The normalized spacial score (nSPS) is 14.4. The van der Waals surface area contributed by atoms with Gasteiger partial charge < -0.3 is 10.6 Å². The molecule has 0 amide bonds. The molecule has 7 heteroatoms. The van der Waals surface area contributed by atoms with E-state index in [1.165, 1.54) is 41.8 Å². The SMILES string of the molecule is c1ccc2c(c1)Sc1ccccc1C2Nc1nnc(NC2c3ccccc3Sc3ccccc32)s1. The van der Waals surface area contributed by atoms with Gasteiger partial charge in [-0.15, -0.1) is 10.2 Å². The Morgan fingerprint density at radius 1 is 0.457 bits per heavy atom. The fraction of sp³-hybridized carbons (Fsp3) is 0.0714. The molecule has 0 saturated carbocycles. The van der Waals surface area contributed by atoms with Crippen LogP contribution in [0.3, 0.4) is 0 Å². The van der Waals surface area contributed by atoms with Crippen LogP contribution in [-0.2, 0) is 0 Å². The Morgan fingerprint density at radius 2 is 0.771 bits per heavy atom. The molecular formula is C28H20N4S3. The van der Waals surface area contributed by atoms with Gasteiger partial charge in [-0.2, -0.15) is 0 Å². The lowest BCUT2D eigenvalue weighted by Crippen LogP contribution is -2.17. The minimum Gasteiger partial charge on any atom is -0.349 e. The molecule has 2 N–H and O–H groups in total. The minimum atomic E-state index is 0.0389. The Kier molecular flexibility index (Phi) is 5.26. The Bertz CT molecular complexity index is 1340. The quantitative estimate of drug-likeness (QED) is 0.258. The average Bonchev–Trinajstić information content (AvgIpc) is 3.35. The molecule has 35 heavy (non-hydrogen) atoms. The van der Waals surface area contributed by atoms with Gasteiger partial charge in [0.05, 0.1) is 12.1 Å². The highest BCUT2D eigenvalue weighted by atomic mass is 32.2. The van der Waals surface area contributed by atoms with E-state index in [1.54, 1.807) is 11.3 Å². The molecule has 7 rings (SSSR count). The summed E-state index contributed by atoms with van der Waals surface area (Å²) >= 11 is 5.21. The molecule has 1 aromatic heterocycles. The summed E-state index contributed by atoms with van der Waals surface area (Å²) in [5.74, 6) is 0. The zero-order chi connectivity index (χ0) is 23.2. The summed E-state index contributed by atoms with van der Waals surface area (Å²) in [4.78, 5) is 5.11. The maximum absolute atomic E-state index is 4.52. The number of rotatable bonds is 4. The van der Waals surface area contributed by atoms with E-state index in [1.807, 2.05) is 23.5 Å². The molecule has 0 aliphatic carbocycles. The summed E-state index contributed by atoms with van der Waals surface area (Å²) in [5.41, 5.74) is 5.09. The number of nitrogens with zero attached hydrogens (tertiary/aromatic N) is 2. The number of fused-ring (bicyclic) bond motifs is 4. The van der Waals surface area contributed by atoms with Crippen LogP contribution in [0, 0.1) is 0 Å². The van der Waals surface area contributed by atoms with E-state index in [0.717, 1.165) is 10.3 Å². The van der Waals surface area contributed by atoms with Crippen molar-refractivity contribution in [3.8, 4) is 0 Å². The molecular weight excluding hydrogens is 489 g/mol. The van der Waals surface area contributed by atoms with Gasteiger partial charge in [0.15, 0.2) is 0 Å². The Balaban J connectivity index is 1.20. The van der Waals surface area contributed by atoms with Crippen LogP contribution in [0.25, 0.3) is 0 Å². The highest BCUT2D eigenvalue weighted by Gasteiger charge is 2.28. The lowest BCUT2D eigenvalue weighted by molar-refractivity contribution is 0.854. The van der Waals surface area contributed by atoms with Crippen LogP contribution >= 0.6 is 34.9 Å². The maximum Gasteiger partial charge on any atom is 0.208 e. The van der Waals surface area contributed by atoms with Crippen molar-refractivity contribution in [1.82, 2.24) is 10.2 Å². The zero-order valence-electron chi connectivity index (χ0n) is 18.5. The molecule has 0 bridgehead atoms. The van der Waals surface area contributed by atoms with Crippen LogP contribution in [0.4, 0.5) is 10.3 Å². The van der Waals surface area contributed by atoms with Crippen LogP contribution in [0.1, 0.15) is 34.3 Å². The highest BCUT2D eigenvalue weighted by molar-refractivity contribution is 7.99. The molecule has 0 saturated heterocycles. The third-order valence-electron chi connectivity index (χ3n) is 6.32. The third kappa shape index (κ3) is 3.80. The lowest BCUT2D eigenvalue weighted by Gasteiger charge is -2.28. The van der Waals surface area contributed by atoms with Crippen molar-refractivity contribution in [3.63, 3.8) is 0 Å². The standard InChI is InChI=1S/C28H20N4S3/c1-5-13-21-17(9-1)25(18-10-2-6-14-22(18)33-21)29-27-31-32-28(35-27)30-26-19-11-3-7-15-23(19)34-24-16-8-4-12-20(24)26/h1-16,25-26H,(H,29,31)(H,30,32). The number of benzene rings is 4.